The highest BCUT2D eigenvalue weighted by Gasteiger charge is 2.63. The Bertz CT molecular complexity index is 739. The Kier molecular flexibility index (Phi) is 4.59. The van der Waals surface area contributed by atoms with E-state index in [0.717, 1.165) is 5.56 Å². The molecule has 0 amide bonds. The third kappa shape index (κ3) is 2.64. The molecule has 2 aliphatic carbocycles. The van der Waals surface area contributed by atoms with Crippen molar-refractivity contribution < 1.29 is 28.2 Å². The van der Waals surface area contributed by atoms with E-state index in [1.54, 1.807) is 12.1 Å². The number of ether oxygens (including phenoxy) is 3. The maximum Gasteiger partial charge on any atom is 0.316 e. The van der Waals surface area contributed by atoms with E-state index in [2.05, 4.69) is 6.92 Å². The normalized spacial score (nSPS) is 35.1. The molecule has 27 heavy (non-hydrogen) atoms. The van der Waals surface area contributed by atoms with E-state index in [0.29, 0.717) is 38.9 Å². The van der Waals surface area contributed by atoms with Crippen LogP contribution in [0, 0.1) is 23.6 Å². The molecule has 146 valence electrons. The van der Waals surface area contributed by atoms with Crippen molar-refractivity contribution in [2.24, 2.45) is 17.8 Å². The van der Waals surface area contributed by atoms with Crippen LogP contribution >= 0.6 is 0 Å². The molecule has 3 aliphatic rings. The molecule has 4 atom stereocenters. The number of hydrogen-bond donors (Lipinski definition) is 0. The number of rotatable bonds is 2. The Labute approximate surface area is 158 Å². The van der Waals surface area contributed by atoms with Gasteiger partial charge in [0, 0.05) is 12.3 Å². The summed E-state index contributed by atoms with van der Waals surface area (Å²) in [5.74, 6) is -2.43. The van der Waals surface area contributed by atoms with Crippen LogP contribution in [-0.4, -0.2) is 37.9 Å². The van der Waals surface area contributed by atoms with E-state index >= 15 is 0 Å². The summed E-state index contributed by atoms with van der Waals surface area (Å²) in [6, 6.07) is 6.13. The summed E-state index contributed by atoms with van der Waals surface area (Å²) in [4.78, 5) is 25.9. The topological polar surface area (TPSA) is 61.8 Å². The highest BCUT2D eigenvalue weighted by molar-refractivity contribution is 6.05. The maximum absolute atomic E-state index is 13.6. The van der Waals surface area contributed by atoms with Gasteiger partial charge < -0.3 is 14.2 Å². The van der Waals surface area contributed by atoms with Crippen molar-refractivity contribution in [2.75, 3.05) is 20.3 Å². The van der Waals surface area contributed by atoms with Gasteiger partial charge in [0.05, 0.1) is 25.7 Å². The number of fused-ring (bicyclic) bond motifs is 1. The molecule has 0 aromatic heterocycles. The van der Waals surface area contributed by atoms with Crippen LogP contribution in [0.15, 0.2) is 24.3 Å². The third-order valence-corrected chi connectivity index (χ3v) is 6.94. The van der Waals surface area contributed by atoms with Crippen LogP contribution in [0.3, 0.4) is 0 Å². The van der Waals surface area contributed by atoms with Gasteiger partial charge in [-0.3, -0.25) is 9.59 Å². The Balaban J connectivity index is 1.80. The molecule has 4 rings (SSSR count). The number of ketones is 1. The summed E-state index contributed by atoms with van der Waals surface area (Å²) in [6.07, 6.45) is 2.24. The summed E-state index contributed by atoms with van der Waals surface area (Å²) in [5.41, 5.74) is -0.0719. The van der Waals surface area contributed by atoms with Gasteiger partial charge in [-0.2, -0.15) is 0 Å². The molecule has 5 nitrogen and oxygen atoms in total. The molecule has 0 N–H and O–H groups in total. The molecule has 0 bridgehead atoms. The molecule has 1 aromatic carbocycles. The lowest BCUT2D eigenvalue weighted by molar-refractivity contribution is -0.236. The van der Waals surface area contributed by atoms with Gasteiger partial charge in [-0.1, -0.05) is 19.1 Å². The summed E-state index contributed by atoms with van der Waals surface area (Å²) < 4.78 is 30.4. The predicted octanol–water partition coefficient (Wildman–Crippen LogP) is 3.00. The minimum atomic E-state index is -0.842. The average Bonchev–Trinajstić information content (AvgIpc) is 3.15. The number of Topliss-reactive ketones (excluding diaryl/α,β-unsaturated/α-hetero) is 1. The van der Waals surface area contributed by atoms with Crippen LogP contribution in [0.5, 0.6) is 0 Å². The molecule has 1 aliphatic heterocycles. The van der Waals surface area contributed by atoms with Gasteiger partial charge in [0.1, 0.15) is 11.7 Å². The van der Waals surface area contributed by atoms with Gasteiger partial charge in [0.2, 0.25) is 0 Å². The highest BCUT2D eigenvalue weighted by Crippen LogP contribution is 2.58. The first-order valence-corrected chi connectivity index (χ1v) is 9.61. The molecule has 6 heteroatoms. The van der Waals surface area contributed by atoms with E-state index in [9.17, 15) is 14.0 Å². The van der Waals surface area contributed by atoms with E-state index in [4.69, 9.17) is 14.2 Å². The van der Waals surface area contributed by atoms with Crippen molar-refractivity contribution in [3.05, 3.63) is 35.6 Å². The quantitative estimate of drug-likeness (QED) is 0.587. The standard InChI is InChI=1S/C21H25FO5/c1-13-17-8-7-16(19(24)25-2)18(23)20(17,14-3-5-15(22)6-4-14)9-10-21(13)26-11-12-27-21/h3-6,13,16-17H,7-12H2,1-2H3/t13-,16?,17-,20+/m0/s1. The van der Waals surface area contributed by atoms with Gasteiger partial charge in [0.25, 0.3) is 0 Å². The highest BCUT2D eigenvalue weighted by atomic mass is 19.1. The average molecular weight is 376 g/mol. The van der Waals surface area contributed by atoms with Crippen LogP contribution in [0.4, 0.5) is 4.39 Å². The summed E-state index contributed by atoms with van der Waals surface area (Å²) >= 11 is 0. The number of esters is 1. The second kappa shape index (κ2) is 6.67. The Hall–Kier alpha value is -1.79. The Morgan fingerprint density at radius 2 is 1.81 bits per heavy atom. The molecular weight excluding hydrogens is 351 g/mol. The van der Waals surface area contributed by atoms with Crippen LogP contribution in [0.1, 0.15) is 38.2 Å². The molecule has 1 aromatic rings. The SMILES string of the molecule is COC(=O)C1CC[C@H]2[C@H](C)C3(CC[C@]2(c2ccc(F)cc2)C1=O)OCCO3. The third-order valence-electron chi connectivity index (χ3n) is 6.94. The van der Waals surface area contributed by atoms with Gasteiger partial charge in [0.15, 0.2) is 11.6 Å². The van der Waals surface area contributed by atoms with Gasteiger partial charge in [-0.05, 0) is 42.9 Å². The summed E-state index contributed by atoms with van der Waals surface area (Å²) in [7, 11) is 1.31. The van der Waals surface area contributed by atoms with E-state index in [-0.39, 0.29) is 23.4 Å². The van der Waals surface area contributed by atoms with Crippen molar-refractivity contribution in [2.45, 2.75) is 43.8 Å². The molecule has 1 spiro atoms. The van der Waals surface area contributed by atoms with Crippen molar-refractivity contribution in [3.63, 3.8) is 0 Å². The first kappa shape index (κ1) is 18.6. The number of hydrogen-bond acceptors (Lipinski definition) is 5. The van der Waals surface area contributed by atoms with Crippen molar-refractivity contribution in [1.82, 2.24) is 0 Å². The van der Waals surface area contributed by atoms with Crippen molar-refractivity contribution >= 4 is 11.8 Å². The zero-order valence-electron chi connectivity index (χ0n) is 15.7. The maximum atomic E-state index is 13.6. The van der Waals surface area contributed by atoms with E-state index in [1.807, 2.05) is 0 Å². The van der Waals surface area contributed by atoms with Gasteiger partial charge in [-0.15, -0.1) is 0 Å². The lowest BCUT2D eigenvalue weighted by Gasteiger charge is -2.55. The fourth-order valence-electron chi connectivity index (χ4n) is 5.60. The molecule has 0 radical (unpaired) electrons. The number of carbonyl (C=O) groups excluding carboxylic acids is 2. The first-order chi connectivity index (χ1) is 12.9. The fraction of sp³-hybridized carbons (Fsp3) is 0.619. The monoisotopic (exact) mass is 376 g/mol. The zero-order chi connectivity index (χ0) is 19.2. The van der Waals surface area contributed by atoms with Crippen molar-refractivity contribution in [1.29, 1.82) is 0 Å². The second-order valence-corrected chi connectivity index (χ2v) is 7.90. The van der Waals surface area contributed by atoms with Crippen LogP contribution < -0.4 is 0 Å². The summed E-state index contributed by atoms with van der Waals surface area (Å²) in [6.45, 7) is 3.18. The molecule has 1 unspecified atom stereocenters. The minimum absolute atomic E-state index is 0.0126. The molecule has 2 saturated carbocycles. The van der Waals surface area contributed by atoms with E-state index in [1.165, 1.54) is 19.2 Å². The molecule has 1 heterocycles. The number of methoxy groups -OCH3 is 1. The first-order valence-electron chi connectivity index (χ1n) is 9.61. The van der Waals surface area contributed by atoms with Gasteiger partial charge in [-0.25, -0.2) is 4.39 Å². The molecule has 1 saturated heterocycles. The summed E-state index contributed by atoms with van der Waals surface area (Å²) in [5, 5.41) is 0. The predicted molar refractivity (Wildman–Crippen MR) is 94.3 cm³/mol. The zero-order valence-corrected chi connectivity index (χ0v) is 15.7. The second-order valence-electron chi connectivity index (χ2n) is 7.90. The van der Waals surface area contributed by atoms with Crippen molar-refractivity contribution in [3.8, 4) is 0 Å². The van der Waals surface area contributed by atoms with E-state index < -0.39 is 23.1 Å². The van der Waals surface area contributed by atoms with Gasteiger partial charge >= 0.3 is 5.97 Å². The largest absolute Gasteiger partial charge is 0.468 e. The van der Waals surface area contributed by atoms with Crippen LogP contribution in [0.25, 0.3) is 0 Å². The fourth-order valence-corrected chi connectivity index (χ4v) is 5.60. The van der Waals surface area contributed by atoms with Crippen LogP contribution in [0.2, 0.25) is 0 Å². The Morgan fingerprint density at radius 1 is 1.15 bits per heavy atom. The molecule has 3 fully saturated rings. The molecular formula is C21H25FO5. The number of carbonyl (C=O) groups is 2. The number of halogens is 1. The Morgan fingerprint density at radius 3 is 2.44 bits per heavy atom. The smallest absolute Gasteiger partial charge is 0.316 e. The van der Waals surface area contributed by atoms with Crippen LogP contribution in [-0.2, 0) is 29.2 Å². The lowest BCUT2D eigenvalue weighted by Crippen LogP contribution is -2.61. The number of benzene rings is 1. The minimum Gasteiger partial charge on any atom is -0.468 e. The lowest BCUT2D eigenvalue weighted by atomic mass is 9.50.